The van der Waals surface area contributed by atoms with Gasteiger partial charge in [0.15, 0.2) is 0 Å². The summed E-state index contributed by atoms with van der Waals surface area (Å²) in [5.41, 5.74) is 0. The lowest BCUT2D eigenvalue weighted by Gasteiger charge is -2.14. The lowest BCUT2D eigenvalue weighted by atomic mass is 10.2. The van der Waals surface area contributed by atoms with Crippen LogP contribution in [0.3, 0.4) is 0 Å². The third-order valence-electron chi connectivity index (χ3n) is 1.54. The molecule has 0 aromatic carbocycles. The highest BCUT2D eigenvalue weighted by Crippen LogP contribution is 1.91. The number of nitrogens with one attached hydrogen (secondary N) is 1. The van der Waals surface area contributed by atoms with Gasteiger partial charge in [-0.3, -0.25) is 0 Å². The van der Waals surface area contributed by atoms with E-state index in [1.165, 1.54) is 0 Å². The molecule has 0 rings (SSSR count). The zero-order valence-electron chi connectivity index (χ0n) is 8.31. The summed E-state index contributed by atoms with van der Waals surface area (Å²) in [5, 5.41) is 3.32. The van der Waals surface area contributed by atoms with Crippen molar-refractivity contribution in [3.8, 4) is 11.8 Å². The fourth-order valence-electron chi connectivity index (χ4n) is 0.964. The molecule has 0 aromatic heterocycles. The zero-order valence-corrected chi connectivity index (χ0v) is 8.31. The first-order chi connectivity index (χ1) is 5.85. The van der Waals surface area contributed by atoms with E-state index in [0.717, 1.165) is 26.2 Å². The van der Waals surface area contributed by atoms with Crippen molar-refractivity contribution in [2.24, 2.45) is 0 Å². The third-order valence-corrected chi connectivity index (χ3v) is 1.54. The van der Waals surface area contributed by atoms with E-state index < -0.39 is 0 Å². The van der Waals surface area contributed by atoms with Gasteiger partial charge in [0.25, 0.3) is 0 Å². The van der Waals surface area contributed by atoms with Gasteiger partial charge in [0.1, 0.15) is 0 Å². The normalized spacial score (nSPS) is 11.9. The summed E-state index contributed by atoms with van der Waals surface area (Å²) in [6, 6.07) is 0.391. The standard InChI is InChI=1S/C10H19NO/c1-4-7-8-10(11-5-2)9-12-6-3/h10-11H,5-6,8-9H2,1-3H3. The maximum atomic E-state index is 5.31. The van der Waals surface area contributed by atoms with Crippen LogP contribution in [0.25, 0.3) is 0 Å². The first-order valence-electron chi connectivity index (χ1n) is 4.55. The van der Waals surface area contributed by atoms with Crippen LogP contribution >= 0.6 is 0 Å². The fourth-order valence-corrected chi connectivity index (χ4v) is 0.964. The van der Waals surface area contributed by atoms with Gasteiger partial charge in [-0.05, 0) is 20.4 Å². The molecule has 0 heterocycles. The second-order valence-electron chi connectivity index (χ2n) is 2.54. The van der Waals surface area contributed by atoms with Gasteiger partial charge < -0.3 is 10.1 Å². The molecule has 0 aliphatic rings. The Hall–Kier alpha value is -0.520. The quantitative estimate of drug-likeness (QED) is 0.607. The summed E-state index contributed by atoms with van der Waals surface area (Å²) >= 11 is 0. The smallest absolute Gasteiger partial charge is 0.0628 e. The predicted octanol–water partition coefficient (Wildman–Crippen LogP) is 1.41. The highest BCUT2D eigenvalue weighted by Gasteiger charge is 2.03. The molecule has 0 aliphatic carbocycles. The average Bonchev–Trinajstić information content (AvgIpc) is 2.10. The van der Waals surface area contributed by atoms with Crippen LogP contribution in [-0.2, 0) is 4.74 Å². The van der Waals surface area contributed by atoms with Crippen molar-refractivity contribution in [1.29, 1.82) is 0 Å². The Kier molecular flexibility index (Phi) is 8.20. The number of hydrogen-bond donors (Lipinski definition) is 1. The van der Waals surface area contributed by atoms with Crippen LogP contribution in [0.5, 0.6) is 0 Å². The van der Waals surface area contributed by atoms with Gasteiger partial charge in [0.2, 0.25) is 0 Å². The summed E-state index contributed by atoms with van der Waals surface area (Å²) in [6.07, 6.45) is 0.879. The molecule has 1 atom stereocenters. The van der Waals surface area contributed by atoms with Crippen molar-refractivity contribution >= 4 is 0 Å². The zero-order chi connectivity index (χ0) is 9.23. The Morgan fingerprint density at radius 1 is 1.42 bits per heavy atom. The molecular weight excluding hydrogens is 150 g/mol. The first-order valence-corrected chi connectivity index (χ1v) is 4.55. The van der Waals surface area contributed by atoms with E-state index in [-0.39, 0.29) is 0 Å². The van der Waals surface area contributed by atoms with Crippen molar-refractivity contribution in [3.05, 3.63) is 0 Å². The fraction of sp³-hybridized carbons (Fsp3) is 0.800. The number of likely N-dealkylation sites (N-methyl/N-ethyl adjacent to an activating group) is 1. The summed E-state index contributed by atoms with van der Waals surface area (Å²) in [7, 11) is 0. The van der Waals surface area contributed by atoms with E-state index >= 15 is 0 Å². The van der Waals surface area contributed by atoms with E-state index in [0.29, 0.717) is 6.04 Å². The molecule has 1 N–H and O–H groups in total. The first kappa shape index (κ1) is 11.5. The SMILES string of the molecule is CC#CCC(COCC)NCC. The van der Waals surface area contributed by atoms with Crippen LogP contribution in [0.4, 0.5) is 0 Å². The second-order valence-corrected chi connectivity index (χ2v) is 2.54. The van der Waals surface area contributed by atoms with Gasteiger partial charge in [-0.25, -0.2) is 0 Å². The minimum Gasteiger partial charge on any atom is -0.380 e. The average molecular weight is 169 g/mol. The van der Waals surface area contributed by atoms with Crippen molar-refractivity contribution < 1.29 is 4.74 Å². The Morgan fingerprint density at radius 3 is 2.67 bits per heavy atom. The third kappa shape index (κ3) is 6.21. The molecule has 0 bridgehead atoms. The summed E-state index contributed by atoms with van der Waals surface area (Å²) in [5.74, 6) is 5.94. The second kappa shape index (κ2) is 8.58. The van der Waals surface area contributed by atoms with Crippen molar-refractivity contribution in [2.75, 3.05) is 19.8 Å². The lowest BCUT2D eigenvalue weighted by Crippen LogP contribution is -2.32. The molecule has 0 saturated carbocycles. The Bertz CT molecular complexity index is 146. The molecule has 70 valence electrons. The molecule has 0 aliphatic heterocycles. The molecule has 0 amide bonds. The largest absolute Gasteiger partial charge is 0.380 e. The summed E-state index contributed by atoms with van der Waals surface area (Å²) < 4.78 is 5.31. The Balaban J connectivity index is 3.58. The van der Waals surface area contributed by atoms with Crippen LogP contribution in [0.15, 0.2) is 0 Å². The van der Waals surface area contributed by atoms with Crippen molar-refractivity contribution in [3.63, 3.8) is 0 Å². The monoisotopic (exact) mass is 169 g/mol. The molecule has 12 heavy (non-hydrogen) atoms. The molecule has 0 spiro atoms. The topological polar surface area (TPSA) is 21.3 Å². The van der Waals surface area contributed by atoms with Crippen molar-refractivity contribution in [2.45, 2.75) is 33.2 Å². The van der Waals surface area contributed by atoms with Gasteiger partial charge >= 0.3 is 0 Å². The van der Waals surface area contributed by atoms with Gasteiger partial charge in [-0.1, -0.05) is 6.92 Å². The van der Waals surface area contributed by atoms with E-state index in [9.17, 15) is 0 Å². The predicted molar refractivity (Wildman–Crippen MR) is 52.0 cm³/mol. The molecule has 0 fully saturated rings. The van der Waals surface area contributed by atoms with Crippen LogP contribution in [0, 0.1) is 11.8 Å². The number of ether oxygens (including phenoxy) is 1. The number of hydrogen-bond acceptors (Lipinski definition) is 2. The van der Waals surface area contributed by atoms with Crippen LogP contribution in [-0.4, -0.2) is 25.8 Å². The van der Waals surface area contributed by atoms with Crippen LogP contribution in [0.1, 0.15) is 27.2 Å². The van der Waals surface area contributed by atoms with Gasteiger partial charge in [-0.2, -0.15) is 0 Å². The van der Waals surface area contributed by atoms with E-state index in [4.69, 9.17) is 4.74 Å². The van der Waals surface area contributed by atoms with E-state index in [1.54, 1.807) is 0 Å². The number of rotatable bonds is 6. The van der Waals surface area contributed by atoms with Crippen LogP contribution < -0.4 is 5.32 Å². The van der Waals surface area contributed by atoms with Gasteiger partial charge in [0, 0.05) is 19.1 Å². The van der Waals surface area contributed by atoms with E-state index in [2.05, 4.69) is 24.1 Å². The summed E-state index contributed by atoms with van der Waals surface area (Å²) in [6.45, 7) is 8.49. The van der Waals surface area contributed by atoms with Crippen LogP contribution in [0.2, 0.25) is 0 Å². The Morgan fingerprint density at radius 2 is 2.17 bits per heavy atom. The van der Waals surface area contributed by atoms with Crippen molar-refractivity contribution in [1.82, 2.24) is 5.32 Å². The molecule has 2 nitrogen and oxygen atoms in total. The lowest BCUT2D eigenvalue weighted by molar-refractivity contribution is 0.124. The molecule has 2 heteroatoms. The molecule has 1 unspecified atom stereocenters. The maximum absolute atomic E-state index is 5.31. The molecule has 0 radical (unpaired) electrons. The molecular formula is C10H19NO. The van der Waals surface area contributed by atoms with Gasteiger partial charge in [0.05, 0.1) is 6.61 Å². The summed E-state index contributed by atoms with van der Waals surface area (Å²) in [4.78, 5) is 0. The van der Waals surface area contributed by atoms with Gasteiger partial charge in [-0.15, -0.1) is 11.8 Å². The highest BCUT2D eigenvalue weighted by molar-refractivity contribution is 4.98. The molecule has 0 aromatic rings. The van der Waals surface area contributed by atoms with E-state index in [1.807, 2.05) is 13.8 Å². The molecule has 0 saturated heterocycles. The minimum atomic E-state index is 0.391. The highest BCUT2D eigenvalue weighted by atomic mass is 16.5. The Labute approximate surface area is 75.7 Å². The maximum Gasteiger partial charge on any atom is 0.0628 e. The minimum absolute atomic E-state index is 0.391.